The third-order valence-electron chi connectivity index (χ3n) is 10.3. The first-order valence-electron chi connectivity index (χ1n) is 16.9. The first kappa shape index (κ1) is 41.8. The molecular weight excluding hydrogens is 611 g/mol. The number of allylic oxidation sites excluding steroid dienone is 1. The summed E-state index contributed by atoms with van der Waals surface area (Å²) in [5.74, 6) is -0.196. The van der Waals surface area contributed by atoms with Crippen LogP contribution >= 0.6 is 11.3 Å². The van der Waals surface area contributed by atoms with Gasteiger partial charge < -0.3 is 13.6 Å². The predicted octanol–water partition coefficient (Wildman–Crippen LogP) is 11.2. The van der Waals surface area contributed by atoms with Gasteiger partial charge in [-0.1, -0.05) is 67.0 Å². The van der Waals surface area contributed by atoms with E-state index in [0.717, 1.165) is 42.7 Å². The molecule has 1 aromatic heterocycles. The minimum absolute atomic E-state index is 0.0113. The third-order valence-corrected chi connectivity index (χ3v) is 20.1. The molecule has 0 unspecified atom stereocenters. The van der Waals surface area contributed by atoms with E-state index in [0.29, 0.717) is 0 Å². The average Bonchev–Trinajstić information content (AvgIpc) is 3.31. The molecule has 0 fully saturated rings. The fourth-order valence-corrected chi connectivity index (χ4v) is 8.32. The highest BCUT2D eigenvalue weighted by Gasteiger charge is 2.44. The van der Waals surface area contributed by atoms with Crippen LogP contribution in [0, 0.1) is 24.2 Å². The number of aromatic nitrogens is 1. The first-order chi connectivity index (χ1) is 20.3. The summed E-state index contributed by atoms with van der Waals surface area (Å²) in [5, 5.41) is 3.34. The molecule has 0 radical (unpaired) electrons. The molecule has 0 spiro atoms. The van der Waals surface area contributed by atoms with Crippen LogP contribution in [-0.4, -0.2) is 45.9 Å². The summed E-state index contributed by atoms with van der Waals surface area (Å²) in [6, 6.07) is 0. The number of hydrogen-bond donors (Lipinski definition) is 0. The SMILES string of the molecule is C/C(=C/C[C@H](O[Si](C)(C)C(C)(C)C)/C(C)=C/c1csc(C)n1)CCC[C@H](C)[C@H](O[Si](C)(C)C(C)(C)C)[C@@H](C)C(=O)C(C)(C)C=O. The number of carbonyl (C=O) groups excluding carboxylic acids is 2. The maximum absolute atomic E-state index is 13.4. The molecule has 5 nitrogen and oxygen atoms in total. The number of ketones is 1. The van der Waals surface area contributed by atoms with E-state index in [1.165, 1.54) is 11.1 Å². The van der Waals surface area contributed by atoms with Crippen LogP contribution in [0.5, 0.6) is 0 Å². The average molecular weight is 678 g/mol. The number of carbonyl (C=O) groups is 2. The topological polar surface area (TPSA) is 65.5 Å². The Balaban J connectivity index is 3.11. The quantitative estimate of drug-likeness (QED) is 0.0710. The monoisotopic (exact) mass is 677 g/mol. The van der Waals surface area contributed by atoms with Gasteiger partial charge in [-0.15, -0.1) is 11.3 Å². The molecule has 1 aromatic rings. The van der Waals surface area contributed by atoms with Crippen LogP contribution in [0.2, 0.25) is 36.3 Å². The molecule has 0 aromatic carbocycles. The minimum Gasteiger partial charge on any atom is -0.413 e. The van der Waals surface area contributed by atoms with Crippen LogP contribution in [-0.2, 0) is 18.4 Å². The van der Waals surface area contributed by atoms with Crippen molar-refractivity contribution >= 4 is 46.1 Å². The number of aldehydes is 1. The number of nitrogens with zero attached hydrogens (tertiary/aromatic N) is 1. The van der Waals surface area contributed by atoms with E-state index < -0.39 is 22.0 Å². The maximum Gasteiger partial charge on any atom is 0.192 e. The van der Waals surface area contributed by atoms with E-state index in [2.05, 4.69) is 111 Å². The van der Waals surface area contributed by atoms with Crippen LogP contribution in [0.4, 0.5) is 0 Å². The highest BCUT2D eigenvalue weighted by Crippen LogP contribution is 2.41. The molecule has 1 rings (SSSR count). The fourth-order valence-electron chi connectivity index (χ4n) is 4.93. The molecule has 0 bridgehead atoms. The zero-order valence-electron chi connectivity index (χ0n) is 31.9. The van der Waals surface area contributed by atoms with Crippen LogP contribution in [0.1, 0.15) is 119 Å². The van der Waals surface area contributed by atoms with Crippen LogP contribution in [0.25, 0.3) is 6.08 Å². The Kier molecular flexibility index (Phi) is 15.1. The van der Waals surface area contributed by atoms with Crippen molar-refractivity contribution in [1.29, 1.82) is 0 Å². The van der Waals surface area contributed by atoms with Crippen molar-refractivity contribution in [2.75, 3.05) is 0 Å². The van der Waals surface area contributed by atoms with Gasteiger partial charge in [0.2, 0.25) is 0 Å². The first-order valence-corrected chi connectivity index (χ1v) is 23.6. The number of aryl methyl sites for hydroxylation is 1. The molecule has 1 heterocycles. The molecule has 0 N–H and O–H groups in total. The second-order valence-electron chi connectivity index (χ2n) is 17.0. The molecule has 45 heavy (non-hydrogen) atoms. The second-order valence-corrected chi connectivity index (χ2v) is 27.6. The van der Waals surface area contributed by atoms with Gasteiger partial charge in [0.1, 0.15) is 6.29 Å². The zero-order valence-corrected chi connectivity index (χ0v) is 34.8. The van der Waals surface area contributed by atoms with Crippen molar-refractivity contribution in [1.82, 2.24) is 4.98 Å². The summed E-state index contributed by atoms with van der Waals surface area (Å²) in [6.07, 6.45) is 8.91. The van der Waals surface area contributed by atoms with Gasteiger partial charge in [0.25, 0.3) is 0 Å². The normalized spacial score (nSPS) is 17.2. The smallest absolute Gasteiger partial charge is 0.192 e. The van der Waals surface area contributed by atoms with Crippen molar-refractivity contribution in [3.63, 3.8) is 0 Å². The Morgan fingerprint density at radius 3 is 1.96 bits per heavy atom. The van der Waals surface area contributed by atoms with Crippen molar-refractivity contribution in [2.45, 2.75) is 164 Å². The van der Waals surface area contributed by atoms with Crippen molar-refractivity contribution in [3.05, 3.63) is 33.3 Å². The molecule has 0 aliphatic heterocycles. The summed E-state index contributed by atoms with van der Waals surface area (Å²) >= 11 is 1.68. The lowest BCUT2D eigenvalue weighted by Crippen LogP contribution is -2.50. The van der Waals surface area contributed by atoms with Gasteiger partial charge in [0.15, 0.2) is 22.4 Å². The third kappa shape index (κ3) is 12.4. The predicted molar refractivity (Wildman–Crippen MR) is 200 cm³/mol. The van der Waals surface area contributed by atoms with Gasteiger partial charge in [-0.3, -0.25) is 4.79 Å². The number of thiazole rings is 1. The number of Topliss-reactive ketones (excluding diaryl/α,β-unsaturated/α-hetero) is 1. The van der Waals surface area contributed by atoms with Gasteiger partial charge >= 0.3 is 0 Å². The molecule has 0 saturated heterocycles. The standard InChI is InChI=1S/C37H67NO4SSi2/c1-26(21-22-32(41-44(14,15)35(6,7)8)28(3)23-31-24-43-30(5)38-31)19-18-20-27(2)33(42-45(16,17)36(9,10)11)29(4)34(40)37(12,13)25-39/h21,23-25,27,29,32-33H,18-20,22H2,1-17H3/b26-21-,28-23+/t27-,29+,32-,33-/m0/s1. The van der Waals surface area contributed by atoms with Gasteiger partial charge in [-0.2, -0.15) is 0 Å². The van der Waals surface area contributed by atoms with Gasteiger partial charge in [0.05, 0.1) is 28.3 Å². The highest BCUT2D eigenvalue weighted by atomic mass is 32.1. The lowest BCUT2D eigenvalue weighted by atomic mass is 9.77. The largest absolute Gasteiger partial charge is 0.413 e. The molecule has 4 atom stereocenters. The minimum atomic E-state index is -2.14. The summed E-state index contributed by atoms with van der Waals surface area (Å²) in [4.78, 5) is 29.8. The van der Waals surface area contributed by atoms with Crippen LogP contribution in [0.15, 0.2) is 22.6 Å². The summed E-state index contributed by atoms with van der Waals surface area (Å²) in [5.41, 5.74) is 2.57. The summed E-state index contributed by atoms with van der Waals surface area (Å²) in [7, 11) is -4.12. The number of hydrogen-bond acceptors (Lipinski definition) is 6. The second kappa shape index (κ2) is 16.3. The number of rotatable bonds is 17. The van der Waals surface area contributed by atoms with Crippen molar-refractivity contribution in [3.8, 4) is 0 Å². The van der Waals surface area contributed by atoms with E-state index in [1.54, 1.807) is 25.2 Å². The molecule has 0 aliphatic rings. The van der Waals surface area contributed by atoms with E-state index in [-0.39, 0.29) is 39.9 Å². The van der Waals surface area contributed by atoms with Crippen molar-refractivity contribution in [2.24, 2.45) is 17.3 Å². The van der Waals surface area contributed by atoms with E-state index >= 15 is 0 Å². The lowest BCUT2D eigenvalue weighted by molar-refractivity contribution is -0.138. The van der Waals surface area contributed by atoms with Gasteiger partial charge in [0, 0.05) is 11.3 Å². The van der Waals surface area contributed by atoms with Gasteiger partial charge in [-0.05, 0) is 114 Å². The molecule has 0 aliphatic carbocycles. The molecule has 258 valence electrons. The highest BCUT2D eigenvalue weighted by molar-refractivity contribution is 7.09. The van der Waals surface area contributed by atoms with E-state index in [9.17, 15) is 9.59 Å². The maximum atomic E-state index is 13.4. The Labute approximate surface area is 283 Å². The Morgan fingerprint density at radius 2 is 1.49 bits per heavy atom. The molecule has 8 heteroatoms. The summed E-state index contributed by atoms with van der Waals surface area (Å²) in [6.45, 7) is 36.7. The van der Waals surface area contributed by atoms with E-state index in [4.69, 9.17) is 8.85 Å². The Hall–Kier alpha value is -1.20. The van der Waals surface area contributed by atoms with Gasteiger partial charge in [-0.25, -0.2) is 4.98 Å². The molecular formula is C37H67NO4SSi2. The fraction of sp³-hybridized carbons (Fsp3) is 0.757. The Morgan fingerprint density at radius 1 is 0.956 bits per heavy atom. The van der Waals surface area contributed by atoms with Crippen LogP contribution < -0.4 is 0 Å². The van der Waals surface area contributed by atoms with Crippen molar-refractivity contribution < 1.29 is 18.4 Å². The molecule has 0 amide bonds. The van der Waals surface area contributed by atoms with E-state index in [1.807, 2.05) is 13.8 Å². The van der Waals surface area contributed by atoms with Crippen LogP contribution in [0.3, 0.4) is 0 Å². The lowest BCUT2D eigenvalue weighted by Gasteiger charge is -2.43. The Bertz CT molecular complexity index is 1180. The zero-order chi connectivity index (χ0) is 35.2. The molecule has 0 saturated carbocycles. The summed E-state index contributed by atoms with van der Waals surface area (Å²) < 4.78 is 13.9.